The zero-order valence-electron chi connectivity index (χ0n) is 10.4. The van der Waals surface area contributed by atoms with E-state index in [4.69, 9.17) is 19.6 Å². The molecule has 0 amide bonds. The first kappa shape index (κ1) is 19.3. The summed E-state index contributed by atoms with van der Waals surface area (Å²) in [6, 6.07) is 0. The lowest BCUT2D eigenvalue weighted by Crippen LogP contribution is -2.34. The molecule has 0 atom stereocenters. The van der Waals surface area contributed by atoms with E-state index in [-0.39, 0.29) is 0 Å². The molecule has 0 fully saturated rings. The van der Waals surface area contributed by atoms with Crippen LogP contribution in [0.4, 0.5) is 13.2 Å². The molecule has 0 aromatic carbocycles. The largest absolute Gasteiger partial charge is 0.435 e. The van der Waals surface area contributed by atoms with Crippen molar-refractivity contribution in [2.75, 3.05) is 6.61 Å². The van der Waals surface area contributed by atoms with Crippen LogP contribution >= 0.6 is 15.2 Å². The maximum absolute atomic E-state index is 12.5. The number of halogens is 3. The van der Waals surface area contributed by atoms with Crippen molar-refractivity contribution < 1.29 is 51.7 Å². The molecule has 0 spiro atoms. The number of aliphatic hydroxyl groups is 1. The van der Waals surface area contributed by atoms with Crippen molar-refractivity contribution in [3.05, 3.63) is 17.7 Å². The van der Waals surface area contributed by atoms with E-state index in [0.29, 0.717) is 6.33 Å². The van der Waals surface area contributed by atoms with Crippen LogP contribution in [0.5, 0.6) is 0 Å². The standard InChI is InChI=1S/C7H11F3N2O8P2/c8-7(9,10)5-4(11-3-12-5)1-20-2-6(13,21(14,15)16)22(17,18)19/h3,13H,1-2H2,(H,11,12)(H2,14,15,16)(H2,17,18,19). The smallest absolute Gasteiger partial charge is 0.371 e. The van der Waals surface area contributed by atoms with E-state index < -0.39 is 51.1 Å². The average Bonchev–Trinajstić information content (AvgIpc) is 2.73. The van der Waals surface area contributed by atoms with E-state index in [9.17, 15) is 27.4 Å². The van der Waals surface area contributed by atoms with Crippen molar-refractivity contribution in [2.24, 2.45) is 0 Å². The highest BCUT2D eigenvalue weighted by atomic mass is 31.2. The quantitative estimate of drug-likeness (QED) is 0.375. The number of hydrogen-bond donors (Lipinski definition) is 6. The number of nitrogens with zero attached hydrogens (tertiary/aromatic N) is 1. The van der Waals surface area contributed by atoms with Crippen molar-refractivity contribution in [3.8, 4) is 0 Å². The second-order valence-electron chi connectivity index (χ2n) is 4.08. The lowest BCUT2D eigenvalue weighted by Gasteiger charge is -2.28. The SMILES string of the molecule is O=P(O)(O)C(O)(COCc1[nH]cnc1C(F)(F)F)P(=O)(O)O. The van der Waals surface area contributed by atoms with Gasteiger partial charge >= 0.3 is 21.4 Å². The molecule has 10 nitrogen and oxygen atoms in total. The van der Waals surface area contributed by atoms with Gasteiger partial charge in [-0.25, -0.2) is 4.98 Å². The Kier molecular flexibility index (Phi) is 5.27. The van der Waals surface area contributed by atoms with Crippen LogP contribution in [0.1, 0.15) is 11.4 Å². The van der Waals surface area contributed by atoms with Gasteiger partial charge in [-0.1, -0.05) is 0 Å². The van der Waals surface area contributed by atoms with Gasteiger partial charge in [-0.2, -0.15) is 13.2 Å². The molecule has 0 unspecified atom stereocenters. The van der Waals surface area contributed by atoms with Gasteiger partial charge in [-0.15, -0.1) is 0 Å². The van der Waals surface area contributed by atoms with Gasteiger partial charge in [0, 0.05) is 0 Å². The minimum absolute atomic E-state index is 0.647. The lowest BCUT2D eigenvalue weighted by atomic mass is 10.3. The molecule has 0 aliphatic carbocycles. The Morgan fingerprint density at radius 3 is 2.09 bits per heavy atom. The number of H-pyrrole nitrogens is 1. The summed E-state index contributed by atoms with van der Waals surface area (Å²) in [7, 11) is -11.5. The molecule has 0 bridgehead atoms. The van der Waals surface area contributed by atoms with Crippen molar-refractivity contribution in [1.82, 2.24) is 9.97 Å². The van der Waals surface area contributed by atoms with E-state index >= 15 is 0 Å². The molecule has 1 aromatic heterocycles. The van der Waals surface area contributed by atoms with Crippen LogP contribution in [0.15, 0.2) is 6.33 Å². The fourth-order valence-electron chi connectivity index (χ4n) is 1.30. The summed E-state index contributed by atoms with van der Waals surface area (Å²) in [6.07, 6.45) is -4.15. The minimum Gasteiger partial charge on any atom is -0.371 e. The number of nitrogens with one attached hydrogen (secondary N) is 1. The Labute approximate surface area is 120 Å². The number of aromatic amines is 1. The van der Waals surface area contributed by atoms with Gasteiger partial charge in [0.25, 0.3) is 5.08 Å². The van der Waals surface area contributed by atoms with Crippen molar-refractivity contribution in [3.63, 3.8) is 0 Å². The Balaban J connectivity index is 2.89. The van der Waals surface area contributed by atoms with Gasteiger partial charge in [0.05, 0.1) is 25.2 Å². The normalized spacial score (nSPS) is 14.4. The summed E-state index contributed by atoms with van der Waals surface area (Å²) in [6.45, 7) is -2.57. The first-order valence-electron chi connectivity index (χ1n) is 5.21. The lowest BCUT2D eigenvalue weighted by molar-refractivity contribution is -0.142. The molecule has 128 valence electrons. The molecule has 22 heavy (non-hydrogen) atoms. The monoisotopic (exact) mass is 370 g/mol. The van der Waals surface area contributed by atoms with E-state index in [0.717, 1.165) is 0 Å². The summed E-state index contributed by atoms with van der Waals surface area (Å²) in [5.41, 5.74) is -2.02. The van der Waals surface area contributed by atoms with Gasteiger partial charge in [0.1, 0.15) is 0 Å². The van der Waals surface area contributed by atoms with Gasteiger partial charge in [0.15, 0.2) is 5.69 Å². The number of alkyl halides is 3. The van der Waals surface area contributed by atoms with Gasteiger partial charge in [-0.3, -0.25) is 9.13 Å². The number of rotatable bonds is 6. The first-order valence-corrected chi connectivity index (χ1v) is 8.43. The number of ether oxygens (including phenoxy) is 1. The zero-order chi connectivity index (χ0) is 17.4. The molecule has 1 rings (SSSR count). The average molecular weight is 370 g/mol. The fourth-order valence-corrected chi connectivity index (χ4v) is 3.18. The Morgan fingerprint density at radius 2 is 1.68 bits per heavy atom. The van der Waals surface area contributed by atoms with Crippen LogP contribution in [0.3, 0.4) is 0 Å². The second-order valence-corrected chi connectivity index (χ2v) is 8.09. The first-order chi connectivity index (χ1) is 9.70. The van der Waals surface area contributed by atoms with Crippen LogP contribution in [0.25, 0.3) is 0 Å². The molecule has 0 saturated heterocycles. The predicted octanol–water partition coefficient (Wildman–Crippen LogP) is -0.0534. The molecule has 1 aromatic rings. The van der Waals surface area contributed by atoms with E-state index in [1.807, 2.05) is 0 Å². The third-order valence-electron chi connectivity index (χ3n) is 2.46. The number of imidazole rings is 1. The van der Waals surface area contributed by atoms with Crippen LogP contribution in [0.2, 0.25) is 0 Å². The molecule has 6 N–H and O–H groups in total. The second kappa shape index (κ2) is 6.02. The van der Waals surface area contributed by atoms with Crippen LogP contribution < -0.4 is 0 Å². The minimum atomic E-state index is -5.74. The highest BCUT2D eigenvalue weighted by molar-refractivity contribution is 7.72. The number of hydrogen-bond acceptors (Lipinski definition) is 5. The third kappa shape index (κ3) is 3.94. The van der Waals surface area contributed by atoms with Crippen molar-refractivity contribution in [1.29, 1.82) is 0 Å². The van der Waals surface area contributed by atoms with E-state index in [1.165, 1.54) is 0 Å². The molecule has 0 radical (unpaired) electrons. The van der Waals surface area contributed by atoms with Crippen molar-refractivity contribution in [2.45, 2.75) is 17.9 Å². The summed E-state index contributed by atoms with van der Waals surface area (Å²) in [4.78, 5) is 40.2. The maximum Gasteiger partial charge on any atom is 0.435 e. The van der Waals surface area contributed by atoms with Gasteiger partial charge < -0.3 is 34.4 Å². The fraction of sp³-hybridized carbons (Fsp3) is 0.571. The number of aromatic nitrogens is 2. The van der Waals surface area contributed by atoms with E-state index in [1.54, 1.807) is 0 Å². The predicted molar refractivity (Wildman–Crippen MR) is 62.3 cm³/mol. The van der Waals surface area contributed by atoms with E-state index in [2.05, 4.69) is 14.7 Å². The molecule has 1 heterocycles. The highest BCUT2D eigenvalue weighted by Gasteiger charge is 2.59. The van der Waals surface area contributed by atoms with Crippen molar-refractivity contribution >= 4 is 15.2 Å². The maximum atomic E-state index is 12.5. The van der Waals surface area contributed by atoms with Crippen LogP contribution in [-0.4, -0.2) is 46.3 Å². The van der Waals surface area contributed by atoms with Gasteiger partial charge in [-0.05, 0) is 0 Å². The third-order valence-corrected chi connectivity index (χ3v) is 6.15. The Bertz CT molecular complexity index is 598. The summed E-state index contributed by atoms with van der Waals surface area (Å²) in [5.74, 6) is 0. The van der Waals surface area contributed by atoms with Gasteiger partial charge in [0.2, 0.25) is 0 Å². The van der Waals surface area contributed by atoms with Crippen LogP contribution in [-0.2, 0) is 26.7 Å². The highest BCUT2D eigenvalue weighted by Crippen LogP contribution is 2.67. The molecular weight excluding hydrogens is 359 g/mol. The summed E-state index contributed by atoms with van der Waals surface area (Å²) < 4.78 is 63.9. The molecule has 0 aliphatic heterocycles. The van der Waals surface area contributed by atoms with Crippen LogP contribution in [0, 0.1) is 0 Å². The zero-order valence-corrected chi connectivity index (χ0v) is 12.2. The topological polar surface area (TPSA) is 173 Å². The molecule has 0 saturated carbocycles. The summed E-state index contributed by atoms with van der Waals surface area (Å²) >= 11 is 0. The molecule has 15 heteroatoms. The Morgan fingerprint density at radius 1 is 1.18 bits per heavy atom. The summed E-state index contributed by atoms with van der Waals surface area (Å²) in [5, 5.41) is 5.58. The molecular formula is C7H11F3N2O8P2. The Hall–Kier alpha value is -0.780. The molecule has 0 aliphatic rings.